The molecule has 0 aliphatic carbocycles. The van der Waals surface area contributed by atoms with Crippen LogP contribution in [0.2, 0.25) is 0 Å². The summed E-state index contributed by atoms with van der Waals surface area (Å²) in [5.74, 6) is 0.623. The zero-order chi connectivity index (χ0) is 17.9. The number of hydrogen-bond donors (Lipinski definition) is 2. The summed E-state index contributed by atoms with van der Waals surface area (Å²) >= 11 is 0. The average molecular weight is 418 g/mol. The molecule has 5 nitrogen and oxygen atoms in total. The SMILES string of the molecule is Cl.Cl.NCCCCCCC(=O)NCc1ccnc(Oc2ccc(F)cc2)c1. The van der Waals surface area contributed by atoms with Crippen molar-refractivity contribution in [2.45, 2.75) is 38.6 Å². The second-order valence-corrected chi connectivity index (χ2v) is 5.79. The standard InChI is InChI=1S/C19H24FN3O2.2ClH/c20-16-6-8-17(9-7-16)25-19-13-15(10-12-22-19)14-23-18(24)5-3-1-2-4-11-21;;/h6-10,12-13H,1-5,11,14,21H2,(H,23,24);2*1H. The van der Waals surface area contributed by atoms with Crippen molar-refractivity contribution in [1.82, 2.24) is 10.3 Å². The average Bonchev–Trinajstić information content (AvgIpc) is 2.62. The Bertz CT molecular complexity index is 672. The molecule has 150 valence electrons. The summed E-state index contributed by atoms with van der Waals surface area (Å²) in [6.45, 7) is 1.13. The van der Waals surface area contributed by atoms with Crippen LogP contribution in [0, 0.1) is 5.82 Å². The summed E-state index contributed by atoms with van der Waals surface area (Å²) in [4.78, 5) is 16.0. The molecular formula is C19H26Cl2FN3O2. The number of halogens is 3. The third kappa shape index (κ3) is 10.1. The van der Waals surface area contributed by atoms with Crippen LogP contribution in [0.15, 0.2) is 42.6 Å². The summed E-state index contributed by atoms with van der Waals surface area (Å²) in [6, 6.07) is 9.30. The van der Waals surface area contributed by atoms with Gasteiger partial charge in [0.15, 0.2) is 0 Å². The highest BCUT2D eigenvalue weighted by molar-refractivity contribution is 5.85. The van der Waals surface area contributed by atoms with E-state index in [0.717, 1.165) is 31.2 Å². The number of hydrogen-bond acceptors (Lipinski definition) is 4. The van der Waals surface area contributed by atoms with E-state index in [1.807, 2.05) is 6.07 Å². The van der Waals surface area contributed by atoms with Crippen molar-refractivity contribution < 1.29 is 13.9 Å². The minimum Gasteiger partial charge on any atom is -0.439 e. The maximum absolute atomic E-state index is 12.9. The predicted molar refractivity (Wildman–Crippen MR) is 109 cm³/mol. The van der Waals surface area contributed by atoms with Gasteiger partial charge in [-0.15, -0.1) is 24.8 Å². The first-order chi connectivity index (χ1) is 12.2. The number of carbonyl (C=O) groups is 1. The van der Waals surface area contributed by atoms with Gasteiger partial charge in [0.2, 0.25) is 11.8 Å². The normalized spacial score (nSPS) is 9.70. The Balaban J connectivity index is 0.00000338. The van der Waals surface area contributed by atoms with E-state index >= 15 is 0 Å². The van der Waals surface area contributed by atoms with Gasteiger partial charge in [-0.05, 0) is 55.3 Å². The van der Waals surface area contributed by atoms with Gasteiger partial charge in [-0.1, -0.05) is 12.8 Å². The van der Waals surface area contributed by atoms with Crippen molar-refractivity contribution in [3.8, 4) is 11.6 Å². The Morgan fingerprint density at radius 2 is 1.78 bits per heavy atom. The summed E-state index contributed by atoms with van der Waals surface area (Å²) in [6.07, 6.45) is 6.12. The largest absolute Gasteiger partial charge is 0.439 e. The number of ether oxygens (including phenoxy) is 1. The number of benzene rings is 1. The van der Waals surface area contributed by atoms with Crippen LogP contribution in [0.4, 0.5) is 4.39 Å². The minimum atomic E-state index is -0.320. The van der Waals surface area contributed by atoms with E-state index in [2.05, 4.69) is 10.3 Å². The minimum absolute atomic E-state index is 0. The van der Waals surface area contributed by atoms with Crippen LogP contribution in [-0.4, -0.2) is 17.4 Å². The second kappa shape index (κ2) is 14.2. The quantitative estimate of drug-likeness (QED) is 0.562. The molecule has 0 radical (unpaired) electrons. The highest BCUT2D eigenvalue weighted by Crippen LogP contribution is 2.20. The molecule has 1 heterocycles. The van der Waals surface area contributed by atoms with Gasteiger partial charge in [0.05, 0.1) is 0 Å². The molecule has 3 N–H and O–H groups in total. The van der Waals surface area contributed by atoms with Crippen LogP contribution in [-0.2, 0) is 11.3 Å². The van der Waals surface area contributed by atoms with Gasteiger partial charge in [-0.2, -0.15) is 0 Å². The number of nitrogens with zero attached hydrogens (tertiary/aromatic N) is 1. The van der Waals surface area contributed by atoms with Crippen LogP contribution in [0.25, 0.3) is 0 Å². The summed E-state index contributed by atoms with van der Waals surface area (Å²) in [5, 5.41) is 2.89. The number of carbonyl (C=O) groups excluding carboxylic acids is 1. The monoisotopic (exact) mass is 417 g/mol. The first-order valence-electron chi connectivity index (χ1n) is 8.52. The van der Waals surface area contributed by atoms with Crippen molar-refractivity contribution in [2.75, 3.05) is 6.54 Å². The fraction of sp³-hybridized carbons (Fsp3) is 0.368. The molecule has 1 amide bonds. The van der Waals surface area contributed by atoms with Gasteiger partial charge in [-0.25, -0.2) is 9.37 Å². The Kier molecular flexibility index (Phi) is 13.2. The zero-order valence-corrected chi connectivity index (χ0v) is 16.7. The van der Waals surface area contributed by atoms with E-state index < -0.39 is 0 Å². The molecule has 0 spiro atoms. The number of amides is 1. The Labute approximate surface area is 171 Å². The van der Waals surface area contributed by atoms with Gasteiger partial charge in [0.1, 0.15) is 11.6 Å². The van der Waals surface area contributed by atoms with Crippen LogP contribution >= 0.6 is 24.8 Å². The van der Waals surface area contributed by atoms with E-state index in [0.29, 0.717) is 31.1 Å². The molecule has 8 heteroatoms. The zero-order valence-electron chi connectivity index (χ0n) is 15.0. The van der Waals surface area contributed by atoms with Gasteiger partial charge < -0.3 is 15.8 Å². The third-order valence-corrected chi connectivity index (χ3v) is 3.68. The lowest BCUT2D eigenvalue weighted by Gasteiger charge is -2.08. The van der Waals surface area contributed by atoms with E-state index in [1.165, 1.54) is 24.3 Å². The molecule has 0 saturated heterocycles. The number of aromatic nitrogens is 1. The van der Waals surface area contributed by atoms with Crippen molar-refractivity contribution in [2.24, 2.45) is 5.73 Å². The topological polar surface area (TPSA) is 77.2 Å². The number of nitrogens with one attached hydrogen (secondary N) is 1. The van der Waals surface area contributed by atoms with Crippen molar-refractivity contribution >= 4 is 30.7 Å². The van der Waals surface area contributed by atoms with E-state index in [9.17, 15) is 9.18 Å². The van der Waals surface area contributed by atoms with Crippen LogP contribution in [0.5, 0.6) is 11.6 Å². The molecule has 1 aromatic heterocycles. The molecule has 0 atom stereocenters. The highest BCUT2D eigenvalue weighted by Gasteiger charge is 2.04. The van der Waals surface area contributed by atoms with E-state index in [4.69, 9.17) is 10.5 Å². The van der Waals surface area contributed by atoms with Crippen molar-refractivity contribution in [3.63, 3.8) is 0 Å². The third-order valence-electron chi connectivity index (χ3n) is 3.68. The van der Waals surface area contributed by atoms with Crippen LogP contribution < -0.4 is 15.8 Å². The lowest BCUT2D eigenvalue weighted by atomic mass is 10.1. The molecular weight excluding hydrogens is 392 g/mol. The van der Waals surface area contributed by atoms with E-state index in [-0.39, 0.29) is 36.5 Å². The van der Waals surface area contributed by atoms with Gasteiger partial charge in [0, 0.05) is 25.2 Å². The van der Waals surface area contributed by atoms with Gasteiger partial charge in [0.25, 0.3) is 0 Å². The number of rotatable bonds is 10. The predicted octanol–water partition coefficient (Wildman–Crippen LogP) is 4.38. The maximum atomic E-state index is 12.9. The summed E-state index contributed by atoms with van der Waals surface area (Å²) < 4.78 is 18.5. The lowest BCUT2D eigenvalue weighted by molar-refractivity contribution is -0.121. The summed E-state index contributed by atoms with van der Waals surface area (Å²) in [5.41, 5.74) is 6.33. The Morgan fingerprint density at radius 1 is 1.07 bits per heavy atom. The Hall–Kier alpha value is -1.89. The molecule has 0 aliphatic rings. The van der Waals surface area contributed by atoms with Crippen molar-refractivity contribution in [1.29, 1.82) is 0 Å². The van der Waals surface area contributed by atoms with Gasteiger partial charge in [-0.3, -0.25) is 4.79 Å². The molecule has 2 rings (SSSR count). The smallest absolute Gasteiger partial charge is 0.220 e. The first kappa shape index (κ1) is 25.1. The Morgan fingerprint density at radius 3 is 2.48 bits per heavy atom. The number of pyridine rings is 1. The first-order valence-corrected chi connectivity index (χ1v) is 8.52. The second-order valence-electron chi connectivity index (χ2n) is 5.79. The number of nitrogens with two attached hydrogens (primary N) is 1. The molecule has 27 heavy (non-hydrogen) atoms. The highest BCUT2D eigenvalue weighted by atomic mass is 35.5. The summed E-state index contributed by atoms with van der Waals surface area (Å²) in [7, 11) is 0. The van der Waals surface area contributed by atoms with Crippen LogP contribution in [0.3, 0.4) is 0 Å². The molecule has 0 unspecified atom stereocenters. The fourth-order valence-electron chi connectivity index (χ4n) is 2.31. The fourth-order valence-corrected chi connectivity index (χ4v) is 2.31. The molecule has 0 fully saturated rings. The molecule has 0 saturated carbocycles. The molecule has 2 aromatic rings. The van der Waals surface area contributed by atoms with Gasteiger partial charge >= 0.3 is 0 Å². The van der Waals surface area contributed by atoms with Crippen molar-refractivity contribution in [3.05, 3.63) is 54.0 Å². The molecule has 0 bridgehead atoms. The molecule has 0 aliphatic heterocycles. The van der Waals surface area contributed by atoms with E-state index in [1.54, 1.807) is 12.3 Å². The molecule has 1 aromatic carbocycles. The van der Waals surface area contributed by atoms with Crippen LogP contribution in [0.1, 0.15) is 37.7 Å². The number of unbranched alkanes of at least 4 members (excludes halogenated alkanes) is 3. The lowest BCUT2D eigenvalue weighted by Crippen LogP contribution is -2.22. The maximum Gasteiger partial charge on any atom is 0.220 e.